The van der Waals surface area contributed by atoms with Gasteiger partial charge in [-0.05, 0) is 24.3 Å². The molecule has 1 aliphatic heterocycles. The number of carbonyl (C=O) groups is 1. The van der Waals surface area contributed by atoms with Crippen molar-refractivity contribution >= 4 is 28.8 Å². The molecule has 0 radical (unpaired) electrons. The average molecular weight is 365 g/mol. The van der Waals surface area contributed by atoms with Crippen molar-refractivity contribution in [3.05, 3.63) is 42.1 Å². The number of pyridine rings is 1. The van der Waals surface area contributed by atoms with Crippen molar-refractivity contribution < 1.29 is 9.53 Å². The molecule has 0 unspecified atom stereocenters. The van der Waals surface area contributed by atoms with E-state index >= 15 is 0 Å². The maximum Gasteiger partial charge on any atom is 0.252 e. The van der Waals surface area contributed by atoms with Gasteiger partial charge >= 0.3 is 0 Å². The lowest BCUT2D eigenvalue weighted by molar-refractivity contribution is 0.100. The first kappa shape index (κ1) is 18.5. The van der Waals surface area contributed by atoms with Crippen LogP contribution in [0.1, 0.15) is 16.8 Å². The van der Waals surface area contributed by atoms with E-state index in [1.807, 2.05) is 12.1 Å². The first-order valence-corrected chi connectivity index (χ1v) is 8.84. The number of carbonyl (C=O) groups excluding carboxylic acids is 1. The Hall–Kier alpha value is -3.24. The number of aromatic nitrogens is 1. The van der Waals surface area contributed by atoms with E-state index in [9.17, 15) is 4.79 Å². The zero-order valence-electron chi connectivity index (χ0n) is 15.1. The zero-order valence-corrected chi connectivity index (χ0v) is 15.1. The third-order valence-corrected chi connectivity index (χ3v) is 4.27. The molecule has 1 aliphatic rings. The van der Waals surface area contributed by atoms with Crippen LogP contribution in [0.3, 0.4) is 0 Å². The van der Waals surface area contributed by atoms with Crippen molar-refractivity contribution in [2.45, 2.75) is 6.42 Å². The first-order valence-electron chi connectivity index (χ1n) is 8.84. The highest BCUT2D eigenvalue weighted by atomic mass is 16.5. The van der Waals surface area contributed by atoms with Crippen molar-refractivity contribution in [1.29, 1.82) is 0 Å². The number of primary amides is 1. The largest absolute Gasteiger partial charge is 0.383 e. The average Bonchev–Trinajstić information content (AvgIpc) is 2.69. The number of rotatable bonds is 7. The van der Waals surface area contributed by atoms with Gasteiger partial charge in [0, 0.05) is 49.7 Å². The summed E-state index contributed by atoms with van der Waals surface area (Å²) < 4.78 is 5.38. The molecule has 2 heterocycles. The topological polar surface area (TPSA) is 92.5 Å². The van der Waals surface area contributed by atoms with Gasteiger partial charge in [-0.1, -0.05) is 0 Å². The summed E-state index contributed by atoms with van der Waals surface area (Å²) in [5.41, 5.74) is 8.43. The van der Waals surface area contributed by atoms with Gasteiger partial charge in [-0.2, -0.15) is 0 Å². The van der Waals surface area contributed by atoms with Crippen LogP contribution < -0.4 is 21.3 Å². The van der Waals surface area contributed by atoms with Gasteiger partial charge in [-0.25, -0.2) is 4.98 Å². The fourth-order valence-electron chi connectivity index (χ4n) is 2.86. The third-order valence-electron chi connectivity index (χ3n) is 4.27. The van der Waals surface area contributed by atoms with Gasteiger partial charge < -0.3 is 26.0 Å². The van der Waals surface area contributed by atoms with Gasteiger partial charge in [0.2, 0.25) is 0 Å². The Balaban J connectivity index is 1.71. The van der Waals surface area contributed by atoms with E-state index < -0.39 is 5.91 Å². The van der Waals surface area contributed by atoms with Crippen LogP contribution in [0.25, 0.3) is 0 Å². The molecule has 140 valence electrons. The van der Waals surface area contributed by atoms with Gasteiger partial charge in [0.25, 0.3) is 5.91 Å². The number of nitrogens with zero attached hydrogens (tertiary/aromatic N) is 2. The normalized spacial score (nSPS) is 13.7. The van der Waals surface area contributed by atoms with Gasteiger partial charge in [-0.15, -0.1) is 12.3 Å². The molecule has 1 fully saturated rings. The van der Waals surface area contributed by atoms with E-state index in [4.69, 9.17) is 16.9 Å². The van der Waals surface area contributed by atoms with Crippen LogP contribution in [0.2, 0.25) is 0 Å². The third kappa shape index (κ3) is 4.90. The Morgan fingerprint density at radius 3 is 2.70 bits per heavy atom. The van der Waals surface area contributed by atoms with Crippen molar-refractivity contribution in [3.8, 4) is 12.3 Å². The predicted molar refractivity (Wildman–Crippen MR) is 107 cm³/mol. The van der Waals surface area contributed by atoms with Gasteiger partial charge in [-0.3, -0.25) is 4.79 Å². The number of benzene rings is 1. The van der Waals surface area contributed by atoms with E-state index in [1.54, 1.807) is 6.07 Å². The van der Waals surface area contributed by atoms with Crippen LogP contribution in [0, 0.1) is 12.3 Å². The molecule has 3 rings (SSSR count). The highest BCUT2D eigenvalue weighted by molar-refractivity contribution is 5.98. The van der Waals surface area contributed by atoms with E-state index in [0.29, 0.717) is 30.0 Å². The maximum atomic E-state index is 11.6. The number of amides is 1. The molecule has 0 spiro atoms. The smallest absolute Gasteiger partial charge is 0.252 e. The minimum Gasteiger partial charge on any atom is -0.383 e. The van der Waals surface area contributed by atoms with Crippen LogP contribution in [0.5, 0.6) is 0 Å². The zero-order chi connectivity index (χ0) is 19.1. The van der Waals surface area contributed by atoms with Crippen LogP contribution in [0.4, 0.5) is 22.9 Å². The highest BCUT2D eigenvalue weighted by Crippen LogP contribution is 2.24. The highest BCUT2D eigenvalue weighted by Gasteiger charge is 2.12. The molecule has 1 aromatic carbocycles. The van der Waals surface area contributed by atoms with Crippen molar-refractivity contribution in [3.63, 3.8) is 0 Å². The molecule has 1 saturated heterocycles. The second-order valence-corrected chi connectivity index (χ2v) is 6.13. The maximum absolute atomic E-state index is 11.6. The quantitative estimate of drug-likeness (QED) is 0.515. The van der Waals surface area contributed by atoms with Gasteiger partial charge in [0.05, 0.1) is 24.5 Å². The van der Waals surface area contributed by atoms with Crippen LogP contribution >= 0.6 is 0 Å². The number of nitrogens with two attached hydrogens (primary N) is 1. The number of morpholine rings is 1. The molecule has 2 aromatic rings. The van der Waals surface area contributed by atoms with Crippen molar-refractivity contribution in [1.82, 2.24) is 4.98 Å². The molecule has 0 bridgehead atoms. The van der Waals surface area contributed by atoms with E-state index in [0.717, 1.165) is 37.7 Å². The Kier molecular flexibility index (Phi) is 6.13. The van der Waals surface area contributed by atoms with Crippen LogP contribution in [-0.4, -0.2) is 43.7 Å². The minimum absolute atomic E-state index is 0.334. The second-order valence-electron chi connectivity index (χ2n) is 6.13. The number of anilines is 4. The lowest BCUT2D eigenvalue weighted by atomic mass is 10.2. The molecule has 1 aromatic heterocycles. The lowest BCUT2D eigenvalue weighted by Gasteiger charge is -2.28. The summed E-state index contributed by atoms with van der Waals surface area (Å²) in [5.74, 6) is 2.63. The summed E-state index contributed by atoms with van der Waals surface area (Å²) in [5, 5.41) is 6.38. The molecule has 0 atom stereocenters. The lowest BCUT2D eigenvalue weighted by Crippen LogP contribution is -2.36. The molecule has 0 aliphatic carbocycles. The number of nitrogens with one attached hydrogen (secondary N) is 2. The first-order chi connectivity index (χ1) is 13.2. The molecule has 4 N–H and O–H groups in total. The summed E-state index contributed by atoms with van der Waals surface area (Å²) >= 11 is 0. The second kappa shape index (κ2) is 8.92. The standard InChI is InChI=1S/C20H23N5O2/c1-2-3-8-22-18-13-19(23-14-17(18)20(21)26)24-15-4-6-16(7-5-15)25-9-11-27-12-10-25/h1,4-7,13-14H,3,8-12H2,(H2,21,26)(H2,22,23,24). The van der Waals surface area contributed by atoms with Gasteiger partial charge in [0.1, 0.15) is 5.82 Å². The van der Waals surface area contributed by atoms with Crippen molar-refractivity contribution in [2.24, 2.45) is 5.73 Å². The van der Waals surface area contributed by atoms with E-state index in [1.165, 1.54) is 6.20 Å². The number of hydrogen-bond donors (Lipinski definition) is 3. The molecule has 7 nitrogen and oxygen atoms in total. The van der Waals surface area contributed by atoms with E-state index in [2.05, 4.69) is 38.6 Å². The van der Waals surface area contributed by atoms with Crippen LogP contribution in [0.15, 0.2) is 36.5 Å². The summed E-state index contributed by atoms with van der Waals surface area (Å²) in [6.45, 7) is 3.86. The monoisotopic (exact) mass is 365 g/mol. The molecule has 7 heteroatoms. The Labute approximate surface area is 158 Å². The molecule has 0 saturated carbocycles. The Bertz CT molecular complexity index is 823. The van der Waals surface area contributed by atoms with E-state index in [-0.39, 0.29) is 0 Å². The van der Waals surface area contributed by atoms with Crippen molar-refractivity contribution in [2.75, 3.05) is 48.4 Å². The molecular formula is C20H23N5O2. The fraction of sp³-hybridized carbons (Fsp3) is 0.300. The fourth-order valence-corrected chi connectivity index (χ4v) is 2.86. The summed E-state index contributed by atoms with van der Waals surface area (Å²) in [6, 6.07) is 9.89. The molecule has 27 heavy (non-hydrogen) atoms. The number of hydrogen-bond acceptors (Lipinski definition) is 6. The summed E-state index contributed by atoms with van der Waals surface area (Å²) in [7, 11) is 0. The number of ether oxygens (including phenoxy) is 1. The van der Waals surface area contributed by atoms with Crippen LogP contribution in [-0.2, 0) is 4.74 Å². The summed E-state index contributed by atoms with van der Waals surface area (Å²) in [6.07, 6.45) is 7.28. The SMILES string of the molecule is C#CCCNc1cc(Nc2ccc(N3CCOCC3)cc2)ncc1C(N)=O. The molecule has 1 amide bonds. The minimum atomic E-state index is -0.535. The molecular weight excluding hydrogens is 342 g/mol. The Morgan fingerprint density at radius 2 is 2.04 bits per heavy atom. The van der Waals surface area contributed by atoms with Gasteiger partial charge in [0.15, 0.2) is 0 Å². The Morgan fingerprint density at radius 1 is 1.30 bits per heavy atom. The summed E-state index contributed by atoms with van der Waals surface area (Å²) in [4.78, 5) is 18.1. The predicted octanol–water partition coefficient (Wildman–Crippen LogP) is 2.20. The number of terminal acetylenes is 1.